The second-order valence-electron chi connectivity index (χ2n) is 3.15. The van der Waals surface area contributed by atoms with Crippen molar-refractivity contribution in [3.8, 4) is 0 Å². The molecular formula is C10H10N2O2. The fraction of sp³-hybridized carbons (Fsp3) is 0.100. The van der Waals surface area contributed by atoms with Gasteiger partial charge in [-0.3, -0.25) is 0 Å². The summed E-state index contributed by atoms with van der Waals surface area (Å²) < 4.78 is 1.59. The van der Waals surface area contributed by atoms with Gasteiger partial charge in [0.1, 0.15) is 5.69 Å². The van der Waals surface area contributed by atoms with E-state index < -0.39 is 5.97 Å². The third kappa shape index (κ3) is 0.970. The molecule has 0 atom stereocenters. The van der Waals surface area contributed by atoms with Gasteiger partial charge >= 0.3 is 5.97 Å². The van der Waals surface area contributed by atoms with E-state index in [2.05, 4.69) is 0 Å². The number of anilines is 1. The fourth-order valence-electron chi connectivity index (χ4n) is 1.62. The van der Waals surface area contributed by atoms with Gasteiger partial charge in [0.05, 0.1) is 11.2 Å². The molecule has 0 aliphatic heterocycles. The van der Waals surface area contributed by atoms with E-state index in [1.54, 1.807) is 29.7 Å². The van der Waals surface area contributed by atoms with Gasteiger partial charge in [-0.1, -0.05) is 6.07 Å². The van der Waals surface area contributed by atoms with E-state index in [1.165, 1.54) is 0 Å². The van der Waals surface area contributed by atoms with Crippen LogP contribution in [0, 0.1) is 6.92 Å². The third-order valence-corrected chi connectivity index (χ3v) is 2.34. The predicted molar refractivity (Wildman–Crippen MR) is 53.5 cm³/mol. The molecule has 0 aliphatic carbocycles. The Hall–Kier alpha value is -1.97. The Morgan fingerprint density at radius 1 is 1.50 bits per heavy atom. The lowest BCUT2D eigenvalue weighted by Crippen LogP contribution is -2.02. The number of nitrogen functional groups attached to an aromatic ring is 1. The number of nitrogens with zero attached hydrogens (tertiary/aromatic N) is 1. The highest BCUT2D eigenvalue weighted by Crippen LogP contribution is 2.24. The number of nitrogens with two attached hydrogens (primary N) is 1. The number of aromatic nitrogens is 1. The molecule has 2 aromatic heterocycles. The summed E-state index contributed by atoms with van der Waals surface area (Å²) in [5.41, 5.74) is 7.91. The molecule has 0 fully saturated rings. The molecule has 0 spiro atoms. The Labute approximate surface area is 80.6 Å². The van der Waals surface area contributed by atoms with Gasteiger partial charge in [0, 0.05) is 11.8 Å². The first-order valence-electron chi connectivity index (χ1n) is 4.21. The van der Waals surface area contributed by atoms with Crippen LogP contribution in [-0.2, 0) is 0 Å². The number of carboxylic acids is 1. The van der Waals surface area contributed by atoms with Crippen molar-refractivity contribution in [1.82, 2.24) is 4.40 Å². The van der Waals surface area contributed by atoms with Crippen LogP contribution in [0.3, 0.4) is 0 Å². The molecule has 0 unspecified atom stereocenters. The van der Waals surface area contributed by atoms with Gasteiger partial charge in [-0.15, -0.1) is 0 Å². The lowest BCUT2D eigenvalue weighted by molar-refractivity contribution is 0.0688. The Balaban J connectivity index is 2.95. The van der Waals surface area contributed by atoms with Crippen molar-refractivity contribution in [2.24, 2.45) is 0 Å². The normalized spacial score (nSPS) is 10.6. The monoisotopic (exact) mass is 190 g/mol. The largest absolute Gasteiger partial charge is 0.477 e. The third-order valence-electron chi connectivity index (χ3n) is 2.34. The number of hydrogen-bond donors (Lipinski definition) is 2. The van der Waals surface area contributed by atoms with Gasteiger partial charge < -0.3 is 15.2 Å². The first kappa shape index (κ1) is 8.62. The number of carbonyl (C=O) groups is 1. The molecule has 2 aromatic rings. The van der Waals surface area contributed by atoms with Crippen LogP contribution in [0.1, 0.15) is 16.1 Å². The fourth-order valence-corrected chi connectivity index (χ4v) is 1.62. The van der Waals surface area contributed by atoms with Crippen molar-refractivity contribution >= 4 is 17.2 Å². The van der Waals surface area contributed by atoms with Crippen LogP contribution in [0.15, 0.2) is 24.4 Å². The van der Waals surface area contributed by atoms with E-state index >= 15 is 0 Å². The number of carboxylic acid groups (broad SMARTS) is 1. The van der Waals surface area contributed by atoms with Gasteiger partial charge in [-0.05, 0) is 19.1 Å². The number of rotatable bonds is 1. The average molecular weight is 190 g/mol. The van der Waals surface area contributed by atoms with Gasteiger partial charge in [0.2, 0.25) is 0 Å². The van der Waals surface area contributed by atoms with E-state index in [-0.39, 0.29) is 5.69 Å². The maximum Gasteiger partial charge on any atom is 0.353 e. The van der Waals surface area contributed by atoms with Crippen LogP contribution < -0.4 is 5.73 Å². The molecule has 2 rings (SSSR count). The number of aromatic carboxylic acids is 1. The summed E-state index contributed by atoms with van der Waals surface area (Å²) in [5, 5.41) is 9.00. The number of fused-ring (bicyclic) bond motifs is 1. The average Bonchev–Trinajstić information content (AvgIpc) is 2.41. The molecule has 4 heteroatoms. The second-order valence-corrected chi connectivity index (χ2v) is 3.15. The molecular weight excluding hydrogens is 180 g/mol. The molecule has 72 valence electrons. The Morgan fingerprint density at radius 2 is 2.21 bits per heavy atom. The first-order chi connectivity index (χ1) is 6.63. The van der Waals surface area contributed by atoms with Crippen LogP contribution in [0.5, 0.6) is 0 Å². The topological polar surface area (TPSA) is 67.7 Å². The molecule has 14 heavy (non-hydrogen) atoms. The minimum absolute atomic E-state index is 0.234. The molecule has 0 saturated heterocycles. The van der Waals surface area contributed by atoms with Crippen LogP contribution >= 0.6 is 0 Å². The summed E-state index contributed by atoms with van der Waals surface area (Å²) >= 11 is 0. The van der Waals surface area contributed by atoms with Crippen molar-refractivity contribution in [3.05, 3.63) is 35.7 Å². The van der Waals surface area contributed by atoms with Crippen molar-refractivity contribution in [3.63, 3.8) is 0 Å². The number of pyridine rings is 1. The van der Waals surface area contributed by atoms with Crippen LogP contribution in [-0.4, -0.2) is 15.5 Å². The van der Waals surface area contributed by atoms with Gasteiger partial charge in [-0.25, -0.2) is 4.79 Å². The highest BCUT2D eigenvalue weighted by atomic mass is 16.4. The molecule has 0 radical (unpaired) electrons. The van der Waals surface area contributed by atoms with E-state index in [1.807, 2.05) is 6.07 Å². The molecule has 0 aromatic carbocycles. The smallest absolute Gasteiger partial charge is 0.353 e. The standard InChI is InChI=1S/C10H10N2O2/c1-6-8(11)7-4-2-3-5-12(7)9(6)10(13)14/h2-5H,11H2,1H3,(H,13,14). The first-order valence-corrected chi connectivity index (χ1v) is 4.21. The van der Waals surface area contributed by atoms with E-state index in [9.17, 15) is 4.79 Å². The Morgan fingerprint density at radius 3 is 2.86 bits per heavy atom. The Bertz CT molecular complexity index is 514. The predicted octanol–water partition coefficient (Wildman–Crippen LogP) is 1.53. The molecule has 4 nitrogen and oxygen atoms in total. The zero-order chi connectivity index (χ0) is 10.3. The molecule has 2 heterocycles. The molecule has 3 N–H and O–H groups in total. The highest BCUT2D eigenvalue weighted by molar-refractivity contribution is 5.94. The zero-order valence-electron chi connectivity index (χ0n) is 7.69. The minimum Gasteiger partial charge on any atom is -0.477 e. The maximum atomic E-state index is 11.0. The van der Waals surface area contributed by atoms with Crippen molar-refractivity contribution < 1.29 is 9.90 Å². The second kappa shape index (κ2) is 2.77. The lowest BCUT2D eigenvalue weighted by atomic mass is 10.2. The van der Waals surface area contributed by atoms with Crippen LogP contribution in [0.2, 0.25) is 0 Å². The molecule has 0 saturated carbocycles. The van der Waals surface area contributed by atoms with E-state index in [0.717, 1.165) is 5.52 Å². The minimum atomic E-state index is -0.958. The van der Waals surface area contributed by atoms with Crippen molar-refractivity contribution in [2.45, 2.75) is 6.92 Å². The van der Waals surface area contributed by atoms with Crippen LogP contribution in [0.25, 0.3) is 5.52 Å². The lowest BCUT2D eigenvalue weighted by Gasteiger charge is -1.96. The summed E-state index contributed by atoms with van der Waals surface area (Å²) in [7, 11) is 0. The van der Waals surface area contributed by atoms with Gasteiger partial charge in [0.15, 0.2) is 0 Å². The summed E-state index contributed by atoms with van der Waals surface area (Å²) in [4.78, 5) is 11.0. The van der Waals surface area contributed by atoms with Gasteiger partial charge in [0.25, 0.3) is 0 Å². The van der Waals surface area contributed by atoms with Crippen LogP contribution in [0.4, 0.5) is 5.69 Å². The maximum absolute atomic E-state index is 11.0. The summed E-state index contributed by atoms with van der Waals surface area (Å²) in [6.07, 6.45) is 1.70. The summed E-state index contributed by atoms with van der Waals surface area (Å²) in [5.74, 6) is -0.958. The molecule has 0 bridgehead atoms. The molecule has 0 amide bonds. The van der Waals surface area contributed by atoms with E-state index in [4.69, 9.17) is 10.8 Å². The van der Waals surface area contributed by atoms with E-state index in [0.29, 0.717) is 11.3 Å². The van der Waals surface area contributed by atoms with Crippen molar-refractivity contribution in [1.29, 1.82) is 0 Å². The van der Waals surface area contributed by atoms with Crippen molar-refractivity contribution in [2.75, 3.05) is 5.73 Å². The van der Waals surface area contributed by atoms with Gasteiger partial charge in [-0.2, -0.15) is 0 Å². The highest BCUT2D eigenvalue weighted by Gasteiger charge is 2.17. The Kier molecular flexibility index (Phi) is 1.70. The summed E-state index contributed by atoms with van der Waals surface area (Å²) in [6.45, 7) is 1.71. The zero-order valence-corrected chi connectivity index (χ0v) is 7.69. The SMILES string of the molecule is Cc1c(N)c2ccccn2c1C(=O)O. The number of hydrogen-bond acceptors (Lipinski definition) is 2. The quantitative estimate of drug-likeness (QED) is 0.716. The molecule has 0 aliphatic rings. The summed E-state index contributed by atoms with van der Waals surface area (Å²) in [6, 6.07) is 5.41.